The van der Waals surface area contributed by atoms with E-state index in [-0.39, 0.29) is 12.4 Å². The van der Waals surface area contributed by atoms with E-state index < -0.39 is 6.29 Å². The molecule has 0 aliphatic carbocycles. The maximum absolute atomic E-state index is 12.6. The number of nitrogen functional groups attached to an aromatic ring is 1. The number of hydrogen-bond donors (Lipinski definition) is 1. The first kappa shape index (κ1) is 9.21. The van der Waals surface area contributed by atoms with E-state index in [0.717, 1.165) is 5.56 Å². The lowest BCUT2D eigenvalue weighted by atomic mass is 10.1. The molecule has 3 nitrogen and oxygen atoms in total. The fraction of sp³-hybridized carbons (Fsp3) is 0.333. The van der Waals surface area contributed by atoms with Crippen LogP contribution in [0.25, 0.3) is 0 Å². The number of benzene rings is 1. The second kappa shape index (κ2) is 2.81. The van der Waals surface area contributed by atoms with Gasteiger partial charge in [-0.15, -0.1) is 8.78 Å². The summed E-state index contributed by atoms with van der Waals surface area (Å²) in [6, 6.07) is 3.10. The van der Waals surface area contributed by atoms with Crippen LogP contribution in [-0.2, 0) is 11.3 Å². The summed E-state index contributed by atoms with van der Waals surface area (Å²) in [4.78, 5) is 0. The van der Waals surface area contributed by atoms with Crippen molar-refractivity contribution in [2.75, 3.05) is 5.73 Å². The summed E-state index contributed by atoms with van der Waals surface area (Å²) < 4.78 is 33.8. The smallest absolute Gasteiger partial charge is 0.409 e. The van der Waals surface area contributed by atoms with Gasteiger partial charge < -0.3 is 10.5 Å². The van der Waals surface area contributed by atoms with E-state index in [2.05, 4.69) is 9.47 Å². The molecule has 0 spiro atoms. The molecule has 76 valence electrons. The fourth-order valence-corrected chi connectivity index (χ4v) is 1.32. The van der Waals surface area contributed by atoms with Gasteiger partial charge in [0.1, 0.15) is 5.75 Å². The fourth-order valence-electron chi connectivity index (χ4n) is 1.32. The lowest BCUT2D eigenvalue weighted by Gasteiger charge is -2.25. The summed E-state index contributed by atoms with van der Waals surface area (Å²) in [7, 11) is 0. The molecule has 1 aliphatic rings. The van der Waals surface area contributed by atoms with Crippen LogP contribution in [0.5, 0.6) is 5.75 Å². The van der Waals surface area contributed by atoms with Crippen LogP contribution in [-0.4, -0.2) is 6.29 Å². The Balaban J connectivity index is 2.46. The molecule has 0 saturated heterocycles. The quantitative estimate of drug-likeness (QED) is 0.653. The summed E-state index contributed by atoms with van der Waals surface area (Å²) in [5, 5.41) is 0. The molecule has 2 N–H and O–H groups in total. The third-order valence-electron chi connectivity index (χ3n) is 2.15. The van der Waals surface area contributed by atoms with Crippen LogP contribution in [0.1, 0.15) is 11.1 Å². The largest absolute Gasteiger partial charge is 0.535 e. The minimum Gasteiger partial charge on any atom is -0.409 e. The highest BCUT2D eigenvalue weighted by Crippen LogP contribution is 2.37. The number of ether oxygens (including phenoxy) is 2. The van der Waals surface area contributed by atoms with Crippen molar-refractivity contribution in [1.82, 2.24) is 0 Å². The first-order valence-electron chi connectivity index (χ1n) is 4.08. The van der Waals surface area contributed by atoms with Crippen LogP contribution in [0, 0.1) is 6.92 Å². The lowest BCUT2D eigenvalue weighted by molar-refractivity contribution is -0.367. The molecule has 0 unspecified atom stereocenters. The van der Waals surface area contributed by atoms with Gasteiger partial charge in [-0.2, -0.15) is 0 Å². The molecule has 0 amide bonds. The van der Waals surface area contributed by atoms with Gasteiger partial charge in [0.25, 0.3) is 0 Å². The first-order chi connectivity index (χ1) is 6.49. The van der Waals surface area contributed by atoms with Crippen molar-refractivity contribution in [1.29, 1.82) is 0 Å². The molecule has 5 heteroatoms. The van der Waals surface area contributed by atoms with Gasteiger partial charge in [-0.05, 0) is 18.6 Å². The van der Waals surface area contributed by atoms with Gasteiger partial charge in [-0.1, -0.05) is 6.07 Å². The zero-order valence-corrected chi connectivity index (χ0v) is 7.51. The Hall–Kier alpha value is -1.36. The minimum atomic E-state index is -3.55. The van der Waals surface area contributed by atoms with Gasteiger partial charge >= 0.3 is 6.29 Å². The van der Waals surface area contributed by atoms with E-state index in [9.17, 15) is 8.78 Å². The monoisotopic (exact) mass is 201 g/mol. The van der Waals surface area contributed by atoms with Crippen LogP contribution in [0.15, 0.2) is 12.1 Å². The highest BCUT2D eigenvalue weighted by atomic mass is 19.3. The number of halogens is 2. The average molecular weight is 201 g/mol. The topological polar surface area (TPSA) is 44.5 Å². The van der Waals surface area contributed by atoms with Gasteiger partial charge in [0.2, 0.25) is 0 Å². The Kier molecular flexibility index (Phi) is 1.85. The number of aryl methyl sites for hydroxylation is 1. The standard InChI is InChI=1S/C9H9F2NO2/c1-5-2-3-7-6(8(5)12)4-13-9(10,11)14-7/h2-3H,4,12H2,1H3. The molecule has 1 aromatic rings. The van der Waals surface area contributed by atoms with Crippen LogP contribution < -0.4 is 10.5 Å². The second-order valence-corrected chi connectivity index (χ2v) is 3.13. The van der Waals surface area contributed by atoms with Crippen LogP contribution >= 0.6 is 0 Å². The molecule has 0 saturated carbocycles. The van der Waals surface area contributed by atoms with E-state index >= 15 is 0 Å². The highest BCUT2D eigenvalue weighted by Gasteiger charge is 2.39. The average Bonchev–Trinajstić information content (AvgIpc) is 2.10. The zero-order valence-electron chi connectivity index (χ0n) is 7.51. The summed E-state index contributed by atoms with van der Waals surface area (Å²) in [5.41, 5.74) is 7.43. The van der Waals surface area contributed by atoms with Crippen molar-refractivity contribution in [2.45, 2.75) is 19.8 Å². The Bertz CT molecular complexity index is 379. The Morgan fingerprint density at radius 2 is 2.14 bits per heavy atom. The van der Waals surface area contributed by atoms with Crippen LogP contribution in [0.2, 0.25) is 0 Å². The molecule has 0 bridgehead atoms. The van der Waals surface area contributed by atoms with E-state index in [1.807, 2.05) is 0 Å². The number of fused-ring (bicyclic) bond motifs is 1. The van der Waals surface area contributed by atoms with Crippen LogP contribution in [0.3, 0.4) is 0 Å². The predicted molar refractivity (Wildman–Crippen MR) is 46.0 cm³/mol. The number of hydrogen-bond acceptors (Lipinski definition) is 3. The Morgan fingerprint density at radius 3 is 2.86 bits per heavy atom. The van der Waals surface area contributed by atoms with Crippen LogP contribution in [0.4, 0.5) is 14.5 Å². The van der Waals surface area contributed by atoms with E-state index in [1.54, 1.807) is 13.0 Å². The van der Waals surface area contributed by atoms with Crippen molar-refractivity contribution >= 4 is 5.69 Å². The van der Waals surface area contributed by atoms with Crippen molar-refractivity contribution < 1.29 is 18.3 Å². The van der Waals surface area contributed by atoms with Crippen molar-refractivity contribution in [3.05, 3.63) is 23.3 Å². The zero-order chi connectivity index (χ0) is 10.3. The highest BCUT2D eigenvalue weighted by molar-refractivity contribution is 5.59. The maximum atomic E-state index is 12.6. The molecule has 0 fully saturated rings. The number of rotatable bonds is 0. The molecule has 1 aliphatic heterocycles. The summed E-state index contributed by atoms with van der Waals surface area (Å²) >= 11 is 0. The molecular formula is C9H9F2NO2. The number of nitrogens with two attached hydrogens (primary N) is 1. The normalized spacial score (nSPS) is 18.5. The van der Waals surface area contributed by atoms with E-state index in [0.29, 0.717) is 11.3 Å². The molecule has 1 heterocycles. The summed E-state index contributed by atoms with van der Waals surface area (Å²) in [6.07, 6.45) is -3.55. The van der Waals surface area contributed by atoms with Crippen molar-refractivity contribution in [2.24, 2.45) is 0 Å². The Labute approximate surface area is 79.4 Å². The maximum Gasteiger partial charge on any atom is 0.535 e. The lowest BCUT2D eigenvalue weighted by Crippen LogP contribution is -2.32. The molecule has 0 radical (unpaired) electrons. The SMILES string of the molecule is Cc1ccc2c(c1N)COC(F)(F)O2. The second-order valence-electron chi connectivity index (χ2n) is 3.13. The molecule has 2 rings (SSSR count). The van der Waals surface area contributed by atoms with Gasteiger partial charge in [0.05, 0.1) is 6.61 Å². The Morgan fingerprint density at radius 1 is 1.43 bits per heavy atom. The number of alkyl halides is 2. The van der Waals surface area contributed by atoms with Gasteiger partial charge in [0, 0.05) is 11.3 Å². The molecule has 1 aromatic carbocycles. The van der Waals surface area contributed by atoms with Gasteiger partial charge in [-0.3, -0.25) is 4.74 Å². The van der Waals surface area contributed by atoms with Crippen molar-refractivity contribution in [3.8, 4) is 5.75 Å². The molecule has 0 atom stereocenters. The summed E-state index contributed by atoms with van der Waals surface area (Å²) in [6.45, 7) is 1.57. The number of anilines is 1. The first-order valence-corrected chi connectivity index (χ1v) is 4.08. The van der Waals surface area contributed by atoms with Gasteiger partial charge in [0.15, 0.2) is 0 Å². The molecule has 0 aromatic heterocycles. The summed E-state index contributed by atoms with van der Waals surface area (Å²) in [5.74, 6) is 0.0874. The minimum absolute atomic E-state index is 0.0874. The van der Waals surface area contributed by atoms with Crippen molar-refractivity contribution in [3.63, 3.8) is 0 Å². The third-order valence-corrected chi connectivity index (χ3v) is 2.15. The van der Waals surface area contributed by atoms with E-state index in [4.69, 9.17) is 5.73 Å². The van der Waals surface area contributed by atoms with E-state index in [1.165, 1.54) is 6.07 Å². The molecule has 14 heavy (non-hydrogen) atoms. The van der Waals surface area contributed by atoms with Gasteiger partial charge in [-0.25, -0.2) is 0 Å². The molecular weight excluding hydrogens is 192 g/mol. The third kappa shape index (κ3) is 1.39. The predicted octanol–water partition coefficient (Wildman–Crippen LogP) is 2.04.